The predicted molar refractivity (Wildman–Crippen MR) is 58.3 cm³/mol. The molecular weight excluding hydrogens is 182 g/mol. The first kappa shape index (κ1) is 10.6. The Morgan fingerprint density at radius 3 is 2.54 bits per heavy atom. The summed E-state index contributed by atoms with van der Waals surface area (Å²) in [6.07, 6.45) is 0.903. The van der Waals surface area contributed by atoms with Crippen LogP contribution in [-0.2, 0) is 6.42 Å². The summed E-state index contributed by atoms with van der Waals surface area (Å²) < 4.78 is 0. The van der Waals surface area contributed by atoms with Crippen LogP contribution in [0.5, 0.6) is 0 Å². The Morgan fingerprint density at radius 2 is 2.00 bits per heavy atom. The topological polar surface area (TPSA) is 26.0 Å². The maximum atomic E-state index is 5.99. The van der Waals surface area contributed by atoms with E-state index < -0.39 is 0 Å². The van der Waals surface area contributed by atoms with E-state index in [0.717, 1.165) is 11.4 Å². The van der Waals surface area contributed by atoms with Gasteiger partial charge in [0.1, 0.15) is 0 Å². The van der Waals surface area contributed by atoms with Crippen molar-refractivity contribution < 1.29 is 0 Å². The third kappa shape index (κ3) is 3.02. The zero-order valence-electron chi connectivity index (χ0n) is 8.18. The van der Waals surface area contributed by atoms with Gasteiger partial charge in [0.05, 0.1) is 0 Å². The standard InChI is InChI=1S/C11H16ClN/c1-8(2)10-5-9(3-4-13)6-11(12)7-10/h5-8H,3-4,13H2,1-2H3. The molecule has 0 unspecified atom stereocenters. The molecule has 0 fully saturated rings. The molecule has 0 atom stereocenters. The highest BCUT2D eigenvalue weighted by atomic mass is 35.5. The van der Waals surface area contributed by atoms with E-state index in [4.69, 9.17) is 17.3 Å². The predicted octanol–water partition coefficient (Wildman–Crippen LogP) is 2.96. The maximum Gasteiger partial charge on any atom is 0.0411 e. The Kier molecular flexibility index (Phi) is 3.76. The highest BCUT2D eigenvalue weighted by Crippen LogP contribution is 2.21. The molecule has 2 N–H and O–H groups in total. The van der Waals surface area contributed by atoms with Crippen LogP contribution in [-0.4, -0.2) is 6.54 Å². The molecule has 0 amide bonds. The second kappa shape index (κ2) is 4.64. The molecule has 13 heavy (non-hydrogen) atoms. The molecule has 2 heteroatoms. The number of rotatable bonds is 3. The minimum atomic E-state index is 0.523. The van der Waals surface area contributed by atoms with E-state index in [1.165, 1.54) is 11.1 Å². The van der Waals surface area contributed by atoms with Crippen LogP contribution < -0.4 is 5.73 Å². The molecule has 0 spiro atoms. The molecule has 0 aromatic heterocycles. The molecule has 1 nitrogen and oxygen atoms in total. The molecule has 0 saturated carbocycles. The molecule has 1 aromatic rings. The average Bonchev–Trinajstić information content (AvgIpc) is 2.03. The van der Waals surface area contributed by atoms with Gasteiger partial charge in [0.2, 0.25) is 0 Å². The first-order valence-electron chi connectivity index (χ1n) is 4.63. The van der Waals surface area contributed by atoms with Crippen LogP contribution in [0.4, 0.5) is 0 Å². The summed E-state index contributed by atoms with van der Waals surface area (Å²) in [7, 11) is 0. The van der Waals surface area contributed by atoms with Gasteiger partial charge < -0.3 is 5.73 Å². The summed E-state index contributed by atoms with van der Waals surface area (Å²) in [5.41, 5.74) is 8.02. The first-order chi connectivity index (χ1) is 6.13. The molecule has 0 heterocycles. The molecule has 0 aliphatic carbocycles. The Bertz CT molecular complexity index is 281. The van der Waals surface area contributed by atoms with Gasteiger partial charge in [-0.3, -0.25) is 0 Å². The van der Waals surface area contributed by atoms with Crippen molar-refractivity contribution in [3.05, 3.63) is 34.3 Å². The molecule has 0 saturated heterocycles. The fraction of sp³-hybridized carbons (Fsp3) is 0.455. The van der Waals surface area contributed by atoms with Gasteiger partial charge in [-0.1, -0.05) is 31.5 Å². The highest BCUT2D eigenvalue weighted by molar-refractivity contribution is 6.30. The van der Waals surface area contributed by atoms with E-state index in [0.29, 0.717) is 12.5 Å². The van der Waals surface area contributed by atoms with E-state index in [-0.39, 0.29) is 0 Å². The van der Waals surface area contributed by atoms with Crippen LogP contribution in [0.3, 0.4) is 0 Å². The zero-order chi connectivity index (χ0) is 9.84. The zero-order valence-corrected chi connectivity index (χ0v) is 8.93. The van der Waals surface area contributed by atoms with E-state index >= 15 is 0 Å². The van der Waals surface area contributed by atoms with Gasteiger partial charge in [0, 0.05) is 5.02 Å². The molecule has 1 rings (SSSR count). The highest BCUT2D eigenvalue weighted by Gasteiger charge is 2.02. The third-order valence-corrected chi connectivity index (χ3v) is 2.30. The third-order valence-electron chi connectivity index (χ3n) is 2.08. The van der Waals surface area contributed by atoms with Crippen LogP contribution in [0, 0.1) is 0 Å². The Labute approximate surface area is 84.9 Å². The summed E-state index contributed by atoms with van der Waals surface area (Å²) >= 11 is 5.99. The molecule has 0 radical (unpaired) electrons. The number of halogens is 1. The molecular formula is C11H16ClN. The minimum absolute atomic E-state index is 0.523. The van der Waals surface area contributed by atoms with Crippen molar-refractivity contribution >= 4 is 11.6 Å². The lowest BCUT2D eigenvalue weighted by molar-refractivity contribution is 0.859. The summed E-state index contributed by atoms with van der Waals surface area (Å²) in [5, 5.41) is 0.814. The Hall–Kier alpha value is -0.530. The van der Waals surface area contributed by atoms with Crippen molar-refractivity contribution in [3.8, 4) is 0 Å². The lowest BCUT2D eigenvalue weighted by Gasteiger charge is -2.08. The molecule has 0 bridgehead atoms. The van der Waals surface area contributed by atoms with Crippen LogP contribution in [0.15, 0.2) is 18.2 Å². The van der Waals surface area contributed by atoms with Gasteiger partial charge in [0.25, 0.3) is 0 Å². The second-order valence-corrected chi connectivity index (χ2v) is 4.02. The largest absolute Gasteiger partial charge is 0.330 e. The lowest BCUT2D eigenvalue weighted by atomic mass is 10.00. The van der Waals surface area contributed by atoms with Crippen LogP contribution in [0.2, 0.25) is 5.02 Å². The number of hydrogen-bond acceptors (Lipinski definition) is 1. The molecule has 0 aliphatic heterocycles. The van der Waals surface area contributed by atoms with E-state index in [1.807, 2.05) is 12.1 Å². The summed E-state index contributed by atoms with van der Waals surface area (Å²) in [5.74, 6) is 0.523. The van der Waals surface area contributed by atoms with Crippen molar-refractivity contribution in [2.75, 3.05) is 6.54 Å². The van der Waals surface area contributed by atoms with E-state index in [1.54, 1.807) is 0 Å². The van der Waals surface area contributed by atoms with Crippen molar-refractivity contribution in [2.24, 2.45) is 5.73 Å². The van der Waals surface area contributed by atoms with Gasteiger partial charge in [-0.25, -0.2) is 0 Å². The smallest absolute Gasteiger partial charge is 0.0411 e. The number of benzene rings is 1. The summed E-state index contributed by atoms with van der Waals surface area (Å²) in [6, 6.07) is 6.19. The quantitative estimate of drug-likeness (QED) is 0.792. The fourth-order valence-corrected chi connectivity index (χ4v) is 1.59. The first-order valence-corrected chi connectivity index (χ1v) is 5.00. The Morgan fingerprint density at radius 1 is 1.31 bits per heavy atom. The molecule has 1 aromatic carbocycles. The van der Waals surface area contributed by atoms with Gasteiger partial charge in [-0.2, -0.15) is 0 Å². The minimum Gasteiger partial charge on any atom is -0.330 e. The monoisotopic (exact) mass is 197 g/mol. The van der Waals surface area contributed by atoms with Crippen molar-refractivity contribution in [1.82, 2.24) is 0 Å². The fourth-order valence-electron chi connectivity index (χ4n) is 1.32. The maximum absolute atomic E-state index is 5.99. The van der Waals surface area contributed by atoms with Crippen molar-refractivity contribution in [1.29, 1.82) is 0 Å². The van der Waals surface area contributed by atoms with Crippen LogP contribution in [0.25, 0.3) is 0 Å². The summed E-state index contributed by atoms with van der Waals surface area (Å²) in [4.78, 5) is 0. The molecule has 0 aliphatic rings. The van der Waals surface area contributed by atoms with Crippen LogP contribution in [0.1, 0.15) is 30.9 Å². The Balaban J connectivity index is 2.96. The number of nitrogens with two attached hydrogens (primary N) is 1. The second-order valence-electron chi connectivity index (χ2n) is 3.59. The van der Waals surface area contributed by atoms with Crippen molar-refractivity contribution in [3.63, 3.8) is 0 Å². The van der Waals surface area contributed by atoms with Gasteiger partial charge >= 0.3 is 0 Å². The lowest BCUT2D eigenvalue weighted by Crippen LogP contribution is -2.03. The SMILES string of the molecule is CC(C)c1cc(Cl)cc(CCN)c1. The van der Waals surface area contributed by atoms with Crippen molar-refractivity contribution in [2.45, 2.75) is 26.2 Å². The normalized spacial score (nSPS) is 10.8. The molecule has 72 valence electrons. The van der Waals surface area contributed by atoms with Gasteiger partial charge in [-0.05, 0) is 42.1 Å². The van der Waals surface area contributed by atoms with Gasteiger partial charge in [-0.15, -0.1) is 0 Å². The van der Waals surface area contributed by atoms with Gasteiger partial charge in [0.15, 0.2) is 0 Å². The number of hydrogen-bond donors (Lipinski definition) is 1. The average molecular weight is 198 g/mol. The van der Waals surface area contributed by atoms with E-state index in [9.17, 15) is 0 Å². The van der Waals surface area contributed by atoms with E-state index in [2.05, 4.69) is 19.9 Å². The van der Waals surface area contributed by atoms with Crippen LogP contribution >= 0.6 is 11.6 Å². The summed E-state index contributed by atoms with van der Waals surface area (Å²) in [6.45, 7) is 5.01.